The van der Waals surface area contributed by atoms with Gasteiger partial charge in [0.2, 0.25) is 0 Å². The number of halogens is 3. The summed E-state index contributed by atoms with van der Waals surface area (Å²) in [5.74, 6) is 0.680. The number of ether oxygens (including phenoxy) is 2. The predicted octanol–water partition coefficient (Wildman–Crippen LogP) is 6.36. The summed E-state index contributed by atoms with van der Waals surface area (Å²) in [4.78, 5) is 16.4. The molecule has 9 heteroatoms. The number of para-hydroxylation sites is 1. The molecular formula is C25H18BrClIN3O3. The Morgan fingerprint density at radius 2 is 1.91 bits per heavy atom. The number of hydrogen-bond donors (Lipinski definition) is 1. The number of benzene rings is 3. The van der Waals surface area contributed by atoms with E-state index in [1.165, 1.54) is 6.21 Å². The molecule has 0 radical (unpaired) electrons. The van der Waals surface area contributed by atoms with E-state index in [9.17, 15) is 4.79 Å². The number of fused-ring (bicyclic) bond motifs is 1. The maximum absolute atomic E-state index is 12.1. The zero-order chi connectivity index (χ0) is 23.9. The highest BCUT2D eigenvalue weighted by atomic mass is 127. The lowest BCUT2D eigenvalue weighted by atomic mass is 10.2. The first-order valence-electron chi connectivity index (χ1n) is 10.1. The summed E-state index contributed by atoms with van der Waals surface area (Å²) < 4.78 is 13.3. The lowest BCUT2D eigenvalue weighted by molar-refractivity contribution is -0.123. The van der Waals surface area contributed by atoms with E-state index in [0.717, 1.165) is 14.5 Å². The Bertz CT molecular complexity index is 1320. The molecule has 3 aromatic carbocycles. The van der Waals surface area contributed by atoms with E-state index in [4.69, 9.17) is 21.1 Å². The Morgan fingerprint density at radius 1 is 1.12 bits per heavy atom. The van der Waals surface area contributed by atoms with Crippen molar-refractivity contribution < 1.29 is 14.3 Å². The van der Waals surface area contributed by atoms with Crippen LogP contribution in [-0.4, -0.2) is 23.7 Å². The fraction of sp³-hybridized carbons (Fsp3) is 0.0800. The molecule has 0 aliphatic rings. The van der Waals surface area contributed by atoms with Gasteiger partial charge in [0.05, 0.1) is 15.7 Å². The minimum Gasteiger partial charge on any atom is -0.486 e. The van der Waals surface area contributed by atoms with Crippen LogP contribution in [0.1, 0.15) is 11.1 Å². The van der Waals surface area contributed by atoms with Crippen LogP contribution in [0, 0.1) is 3.57 Å². The van der Waals surface area contributed by atoms with Crippen molar-refractivity contribution >= 4 is 73.1 Å². The van der Waals surface area contributed by atoms with Crippen LogP contribution in [-0.2, 0) is 11.4 Å². The van der Waals surface area contributed by atoms with Crippen molar-refractivity contribution in [2.75, 3.05) is 6.61 Å². The number of amides is 1. The van der Waals surface area contributed by atoms with Crippen LogP contribution in [0.25, 0.3) is 10.9 Å². The van der Waals surface area contributed by atoms with Crippen molar-refractivity contribution in [3.05, 3.63) is 97.1 Å². The van der Waals surface area contributed by atoms with E-state index in [-0.39, 0.29) is 6.61 Å². The lowest BCUT2D eigenvalue weighted by Gasteiger charge is -2.11. The fourth-order valence-electron chi connectivity index (χ4n) is 3.08. The third-order valence-corrected chi connectivity index (χ3v) is 6.26. The van der Waals surface area contributed by atoms with E-state index in [0.29, 0.717) is 38.7 Å². The average molecular weight is 651 g/mol. The van der Waals surface area contributed by atoms with Crippen LogP contribution in [0.4, 0.5) is 0 Å². The largest absolute Gasteiger partial charge is 0.486 e. The molecule has 4 rings (SSSR count). The fourth-order valence-corrected chi connectivity index (χ4v) is 4.42. The number of pyridine rings is 1. The molecule has 1 N–H and O–H groups in total. The van der Waals surface area contributed by atoms with Gasteiger partial charge >= 0.3 is 0 Å². The molecular weight excluding hydrogens is 633 g/mol. The molecule has 0 aliphatic heterocycles. The summed E-state index contributed by atoms with van der Waals surface area (Å²) in [5, 5.41) is 5.36. The molecule has 0 saturated heterocycles. The summed E-state index contributed by atoms with van der Waals surface area (Å²) in [6.45, 7) is 0.202. The number of rotatable bonds is 8. The van der Waals surface area contributed by atoms with Gasteiger partial charge in [0.15, 0.2) is 12.4 Å². The number of nitrogens with one attached hydrogen (secondary N) is 1. The van der Waals surface area contributed by atoms with E-state index in [1.54, 1.807) is 18.3 Å². The average Bonchev–Trinajstić information content (AvgIpc) is 2.83. The maximum Gasteiger partial charge on any atom is 0.277 e. The third-order valence-electron chi connectivity index (χ3n) is 4.67. The van der Waals surface area contributed by atoms with Gasteiger partial charge in [0.25, 0.3) is 5.91 Å². The van der Waals surface area contributed by atoms with Crippen LogP contribution in [0.3, 0.4) is 0 Å². The predicted molar refractivity (Wildman–Crippen MR) is 146 cm³/mol. The molecule has 1 heterocycles. The number of aromatic nitrogens is 1. The van der Waals surface area contributed by atoms with Gasteiger partial charge in [0, 0.05) is 15.2 Å². The lowest BCUT2D eigenvalue weighted by Crippen LogP contribution is -2.24. The van der Waals surface area contributed by atoms with Gasteiger partial charge < -0.3 is 9.47 Å². The van der Waals surface area contributed by atoms with E-state index < -0.39 is 5.91 Å². The molecule has 0 fully saturated rings. The molecule has 0 bridgehead atoms. The zero-order valence-corrected chi connectivity index (χ0v) is 22.2. The summed E-state index contributed by atoms with van der Waals surface area (Å²) in [7, 11) is 0. The zero-order valence-electron chi connectivity index (χ0n) is 17.7. The number of hydrazone groups is 1. The topological polar surface area (TPSA) is 72.8 Å². The summed E-state index contributed by atoms with van der Waals surface area (Å²) in [6.07, 6.45) is 3.18. The first-order chi connectivity index (χ1) is 16.5. The Labute approximate surface area is 223 Å². The first-order valence-corrected chi connectivity index (χ1v) is 12.4. The number of hydrogen-bond acceptors (Lipinski definition) is 5. The van der Waals surface area contributed by atoms with Crippen LogP contribution in [0.15, 0.2) is 82.5 Å². The molecule has 0 atom stereocenters. The van der Waals surface area contributed by atoms with Crippen molar-refractivity contribution in [3.63, 3.8) is 0 Å². The van der Waals surface area contributed by atoms with E-state index in [2.05, 4.69) is 54.0 Å². The summed E-state index contributed by atoms with van der Waals surface area (Å²) in [5.41, 5.74) is 4.88. The highest BCUT2D eigenvalue weighted by Crippen LogP contribution is 2.34. The smallest absolute Gasteiger partial charge is 0.277 e. The van der Waals surface area contributed by atoms with Crippen molar-refractivity contribution in [3.8, 4) is 11.5 Å². The van der Waals surface area contributed by atoms with Gasteiger partial charge in [-0.25, -0.2) is 5.43 Å². The van der Waals surface area contributed by atoms with Gasteiger partial charge in [-0.05, 0) is 86.0 Å². The summed E-state index contributed by atoms with van der Waals surface area (Å²) in [6, 6.07) is 20.9. The molecule has 0 saturated carbocycles. The highest BCUT2D eigenvalue weighted by molar-refractivity contribution is 14.1. The molecule has 1 aromatic heterocycles. The van der Waals surface area contributed by atoms with Crippen molar-refractivity contribution in [1.29, 1.82) is 0 Å². The van der Waals surface area contributed by atoms with Gasteiger partial charge in [-0.3, -0.25) is 9.78 Å². The second-order valence-electron chi connectivity index (χ2n) is 7.14. The molecule has 0 aliphatic carbocycles. The molecule has 4 aromatic rings. The van der Waals surface area contributed by atoms with Gasteiger partial charge in [-0.1, -0.05) is 41.9 Å². The van der Waals surface area contributed by atoms with Crippen LogP contribution >= 0.6 is 50.1 Å². The normalized spacial score (nSPS) is 11.0. The van der Waals surface area contributed by atoms with E-state index >= 15 is 0 Å². The van der Waals surface area contributed by atoms with Crippen molar-refractivity contribution in [2.45, 2.75) is 6.61 Å². The molecule has 6 nitrogen and oxygen atoms in total. The Hall–Kier alpha value is -2.69. The van der Waals surface area contributed by atoms with Gasteiger partial charge in [0.1, 0.15) is 17.9 Å². The second kappa shape index (κ2) is 11.6. The molecule has 172 valence electrons. The van der Waals surface area contributed by atoms with Gasteiger partial charge in [-0.2, -0.15) is 5.10 Å². The summed E-state index contributed by atoms with van der Waals surface area (Å²) >= 11 is 12.1. The Kier molecular flexibility index (Phi) is 8.36. The second-order valence-corrected chi connectivity index (χ2v) is 9.65. The minimum atomic E-state index is -0.396. The van der Waals surface area contributed by atoms with Gasteiger partial charge in [-0.15, -0.1) is 0 Å². The number of carbonyl (C=O) groups is 1. The third kappa shape index (κ3) is 6.46. The molecule has 0 unspecified atom stereocenters. The number of carbonyl (C=O) groups excluding carboxylic acids is 1. The first kappa shape index (κ1) is 24.4. The highest BCUT2D eigenvalue weighted by Gasteiger charge is 2.10. The minimum absolute atomic E-state index is 0.192. The van der Waals surface area contributed by atoms with Crippen molar-refractivity contribution in [2.24, 2.45) is 5.10 Å². The quantitative estimate of drug-likeness (QED) is 0.137. The SMILES string of the molecule is O=C(COc1cccc2cccnc12)N/N=C/c1cc(Cl)c(OCc2ccc(I)cc2)c(Br)c1. The number of nitrogens with zero attached hydrogens (tertiary/aromatic N) is 2. The molecule has 34 heavy (non-hydrogen) atoms. The molecule has 1 amide bonds. The maximum atomic E-state index is 12.1. The Balaban J connectivity index is 1.32. The van der Waals surface area contributed by atoms with E-state index in [1.807, 2.05) is 54.6 Å². The van der Waals surface area contributed by atoms with Crippen LogP contribution in [0.2, 0.25) is 5.02 Å². The van der Waals surface area contributed by atoms with Crippen LogP contribution < -0.4 is 14.9 Å². The van der Waals surface area contributed by atoms with Crippen molar-refractivity contribution in [1.82, 2.24) is 10.4 Å². The molecule has 0 spiro atoms. The van der Waals surface area contributed by atoms with Crippen LogP contribution in [0.5, 0.6) is 11.5 Å². The monoisotopic (exact) mass is 649 g/mol. The Morgan fingerprint density at radius 3 is 2.71 bits per heavy atom. The standard InChI is InChI=1S/C25H18BrClIN3O3/c26-20-11-17(12-21(27)25(20)34-14-16-6-8-19(28)9-7-16)13-30-31-23(32)15-33-22-5-1-3-18-4-2-10-29-24(18)22/h1-13H,14-15H2,(H,31,32)/b30-13+.